The Hall–Kier alpha value is -2.08. The number of methoxy groups -OCH3 is 1. The van der Waals surface area contributed by atoms with Crippen molar-refractivity contribution in [2.45, 2.75) is 39.2 Å². The molecule has 150 valence electrons. The van der Waals surface area contributed by atoms with Gasteiger partial charge in [-0.2, -0.15) is 0 Å². The summed E-state index contributed by atoms with van der Waals surface area (Å²) in [6.45, 7) is 8.04. The van der Waals surface area contributed by atoms with Crippen molar-refractivity contribution in [1.82, 2.24) is 10.2 Å². The zero-order valence-electron chi connectivity index (χ0n) is 16.8. The molecule has 1 aliphatic heterocycles. The van der Waals surface area contributed by atoms with Gasteiger partial charge in [-0.1, -0.05) is 30.3 Å². The van der Waals surface area contributed by atoms with Gasteiger partial charge in [0.15, 0.2) is 5.96 Å². The van der Waals surface area contributed by atoms with E-state index < -0.39 is 0 Å². The molecule has 1 heterocycles. The fraction of sp³-hybridized carbons (Fsp3) is 0.619. The first kappa shape index (κ1) is 21.2. The maximum absolute atomic E-state index is 11.7. The number of rotatable bonds is 8. The molecule has 27 heavy (non-hydrogen) atoms. The summed E-state index contributed by atoms with van der Waals surface area (Å²) < 4.78 is 10.8. The molecule has 1 aromatic rings. The van der Waals surface area contributed by atoms with Crippen LogP contribution in [0.25, 0.3) is 0 Å². The number of carbonyl (C=O) groups is 1. The second-order valence-electron chi connectivity index (χ2n) is 6.80. The number of likely N-dealkylation sites (tertiary alicyclic amines) is 1. The summed E-state index contributed by atoms with van der Waals surface area (Å²) >= 11 is 0. The van der Waals surface area contributed by atoms with E-state index in [0.29, 0.717) is 6.61 Å². The van der Waals surface area contributed by atoms with Crippen LogP contribution in [-0.2, 0) is 14.3 Å². The van der Waals surface area contributed by atoms with E-state index in [2.05, 4.69) is 36.2 Å². The second-order valence-corrected chi connectivity index (χ2v) is 6.80. The van der Waals surface area contributed by atoms with Crippen LogP contribution in [0.15, 0.2) is 35.3 Å². The molecule has 1 fully saturated rings. The second kappa shape index (κ2) is 11.6. The zero-order chi connectivity index (χ0) is 19.5. The smallest absolute Gasteiger partial charge is 0.308 e. The van der Waals surface area contributed by atoms with Crippen molar-refractivity contribution in [1.29, 1.82) is 0 Å². The molecule has 0 aliphatic carbocycles. The molecule has 1 atom stereocenters. The molecule has 0 radical (unpaired) electrons. The van der Waals surface area contributed by atoms with Crippen LogP contribution in [0.5, 0.6) is 0 Å². The van der Waals surface area contributed by atoms with Crippen molar-refractivity contribution >= 4 is 11.9 Å². The predicted octanol–water partition coefficient (Wildman–Crippen LogP) is 3.00. The number of aliphatic imine (C=N–C) groups is 1. The molecular formula is C21H33N3O3. The van der Waals surface area contributed by atoms with Gasteiger partial charge in [0.2, 0.25) is 0 Å². The van der Waals surface area contributed by atoms with Crippen molar-refractivity contribution in [3.63, 3.8) is 0 Å². The third-order valence-corrected chi connectivity index (χ3v) is 4.86. The number of nitrogens with one attached hydrogen (secondary N) is 1. The van der Waals surface area contributed by atoms with Gasteiger partial charge in [0, 0.05) is 32.8 Å². The van der Waals surface area contributed by atoms with Crippen molar-refractivity contribution < 1.29 is 14.3 Å². The molecular weight excluding hydrogens is 342 g/mol. The quantitative estimate of drug-likeness (QED) is 0.328. The molecule has 0 aromatic heterocycles. The summed E-state index contributed by atoms with van der Waals surface area (Å²) in [5.41, 5.74) is 1.20. The Balaban J connectivity index is 1.74. The SMILES string of the molecule is CCNC(=NCCCOC(C)c1ccccc1)N1CCC(C(=O)OC)CC1. The molecule has 0 spiro atoms. The van der Waals surface area contributed by atoms with Gasteiger partial charge in [0.1, 0.15) is 0 Å². The highest BCUT2D eigenvalue weighted by molar-refractivity contribution is 5.80. The fourth-order valence-corrected chi connectivity index (χ4v) is 3.25. The highest BCUT2D eigenvalue weighted by atomic mass is 16.5. The number of nitrogens with zero attached hydrogens (tertiary/aromatic N) is 2. The van der Waals surface area contributed by atoms with E-state index in [1.54, 1.807) is 0 Å². The first-order valence-corrected chi connectivity index (χ1v) is 9.93. The van der Waals surface area contributed by atoms with Crippen molar-refractivity contribution in [2.24, 2.45) is 10.9 Å². The number of carbonyl (C=O) groups excluding carboxylic acids is 1. The molecule has 0 saturated carbocycles. The maximum Gasteiger partial charge on any atom is 0.308 e. The van der Waals surface area contributed by atoms with E-state index in [9.17, 15) is 4.79 Å². The molecule has 1 saturated heterocycles. The van der Waals surface area contributed by atoms with E-state index in [1.165, 1.54) is 12.7 Å². The number of piperidine rings is 1. The number of esters is 1. The summed E-state index contributed by atoms with van der Waals surface area (Å²) in [6.07, 6.45) is 2.61. The average Bonchev–Trinajstić information content (AvgIpc) is 2.72. The van der Waals surface area contributed by atoms with Gasteiger partial charge < -0.3 is 19.7 Å². The van der Waals surface area contributed by atoms with Gasteiger partial charge in [-0.05, 0) is 38.7 Å². The summed E-state index contributed by atoms with van der Waals surface area (Å²) in [4.78, 5) is 18.6. The zero-order valence-corrected chi connectivity index (χ0v) is 16.8. The highest BCUT2D eigenvalue weighted by Crippen LogP contribution is 2.19. The Morgan fingerprint density at radius 2 is 2.00 bits per heavy atom. The highest BCUT2D eigenvalue weighted by Gasteiger charge is 2.26. The Morgan fingerprint density at radius 1 is 1.30 bits per heavy atom. The minimum Gasteiger partial charge on any atom is -0.469 e. The van der Waals surface area contributed by atoms with E-state index in [1.807, 2.05) is 18.2 Å². The van der Waals surface area contributed by atoms with Gasteiger partial charge in [0.25, 0.3) is 0 Å². The van der Waals surface area contributed by atoms with E-state index >= 15 is 0 Å². The maximum atomic E-state index is 11.7. The van der Waals surface area contributed by atoms with Gasteiger partial charge in [-0.25, -0.2) is 0 Å². The van der Waals surface area contributed by atoms with E-state index in [-0.39, 0.29) is 18.0 Å². The van der Waals surface area contributed by atoms with Crippen molar-refractivity contribution in [3.8, 4) is 0 Å². The normalized spacial score (nSPS) is 16.9. The number of ether oxygens (including phenoxy) is 2. The minimum atomic E-state index is -0.0960. The average molecular weight is 376 g/mol. The lowest BCUT2D eigenvalue weighted by Gasteiger charge is -2.33. The first-order chi connectivity index (χ1) is 13.2. The summed E-state index contributed by atoms with van der Waals surface area (Å²) in [5, 5.41) is 3.35. The standard InChI is InChI=1S/C21H33N3O3/c1-4-22-21(24-14-11-19(12-15-24)20(25)26-3)23-13-8-16-27-17(2)18-9-6-5-7-10-18/h5-7,9-10,17,19H,4,8,11-16H2,1-3H3,(H,22,23). The molecule has 0 bridgehead atoms. The Kier molecular flexibility index (Phi) is 9.11. The van der Waals surface area contributed by atoms with Crippen molar-refractivity contribution in [3.05, 3.63) is 35.9 Å². The lowest BCUT2D eigenvalue weighted by Crippen LogP contribution is -2.46. The molecule has 1 N–H and O–H groups in total. The number of hydrogen-bond acceptors (Lipinski definition) is 4. The van der Waals surface area contributed by atoms with E-state index in [0.717, 1.165) is 51.4 Å². The van der Waals surface area contributed by atoms with Crippen LogP contribution in [0.3, 0.4) is 0 Å². The van der Waals surface area contributed by atoms with E-state index in [4.69, 9.17) is 14.5 Å². The third kappa shape index (κ3) is 6.86. The fourth-order valence-electron chi connectivity index (χ4n) is 3.25. The summed E-state index contributed by atoms with van der Waals surface area (Å²) in [7, 11) is 1.46. The Labute approximate surface area is 162 Å². The summed E-state index contributed by atoms with van der Waals surface area (Å²) in [6, 6.07) is 10.3. The topological polar surface area (TPSA) is 63.2 Å². The molecule has 1 aliphatic rings. The van der Waals surface area contributed by atoms with Gasteiger partial charge in [-0.3, -0.25) is 9.79 Å². The molecule has 6 nitrogen and oxygen atoms in total. The van der Waals surface area contributed by atoms with Crippen LogP contribution in [0.1, 0.15) is 44.8 Å². The van der Waals surface area contributed by atoms with Crippen LogP contribution < -0.4 is 5.32 Å². The van der Waals surface area contributed by atoms with Crippen LogP contribution in [-0.4, -0.2) is 56.7 Å². The van der Waals surface area contributed by atoms with Gasteiger partial charge in [0.05, 0.1) is 19.1 Å². The Morgan fingerprint density at radius 3 is 2.63 bits per heavy atom. The number of benzene rings is 1. The van der Waals surface area contributed by atoms with Crippen LogP contribution in [0.4, 0.5) is 0 Å². The van der Waals surface area contributed by atoms with Gasteiger partial charge in [-0.15, -0.1) is 0 Å². The van der Waals surface area contributed by atoms with Crippen LogP contribution in [0, 0.1) is 5.92 Å². The van der Waals surface area contributed by atoms with Crippen LogP contribution in [0.2, 0.25) is 0 Å². The first-order valence-electron chi connectivity index (χ1n) is 9.93. The minimum absolute atomic E-state index is 0.0157. The molecule has 0 amide bonds. The monoisotopic (exact) mass is 375 g/mol. The lowest BCUT2D eigenvalue weighted by atomic mass is 9.97. The Bertz CT molecular complexity index is 584. The number of guanidine groups is 1. The molecule has 1 aromatic carbocycles. The molecule has 1 unspecified atom stereocenters. The third-order valence-electron chi connectivity index (χ3n) is 4.86. The number of hydrogen-bond donors (Lipinski definition) is 1. The largest absolute Gasteiger partial charge is 0.469 e. The predicted molar refractivity (Wildman–Crippen MR) is 108 cm³/mol. The van der Waals surface area contributed by atoms with Crippen molar-refractivity contribution in [2.75, 3.05) is 39.9 Å². The lowest BCUT2D eigenvalue weighted by molar-refractivity contribution is -0.146. The van der Waals surface area contributed by atoms with Crippen LogP contribution >= 0.6 is 0 Å². The summed E-state index contributed by atoms with van der Waals surface area (Å²) in [5.74, 6) is 0.847. The molecule has 6 heteroatoms. The molecule has 2 rings (SSSR count). The van der Waals surface area contributed by atoms with Gasteiger partial charge >= 0.3 is 5.97 Å².